The number of nitrogens with two attached hydrogens (primary N) is 1. The van der Waals surface area contributed by atoms with Crippen LogP contribution in [0.15, 0.2) is 12.4 Å². The lowest BCUT2D eigenvalue weighted by Crippen LogP contribution is -2.58. The average molecular weight is 534 g/mol. The van der Waals surface area contributed by atoms with E-state index in [4.69, 9.17) is 5.73 Å². The third-order valence-corrected chi connectivity index (χ3v) is 8.90. The van der Waals surface area contributed by atoms with Crippen molar-refractivity contribution in [1.82, 2.24) is 30.5 Å². The van der Waals surface area contributed by atoms with Crippen LogP contribution in [0.3, 0.4) is 0 Å². The molecule has 2 amide bonds. The molecule has 5 saturated heterocycles. The van der Waals surface area contributed by atoms with Crippen molar-refractivity contribution in [3.05, 3.63) is 18.2 Å². The Morgan fingerprint density at radius 3 is 2.53 bits per heavy atom. The van der Waals surface area contributed by atoms with Gasteiger partial charge in [0.25, 0.3) is 0 Å². The Morgan fingerprint density at radius 2 is 1.82 bits per heavy atom. The molecule has 0 radical (unpaired) electrons. The van der Waals surface area contributed by atoms with E-state index < -0.39 is 36.1 Å². The van der Waals surface area contributed by atoms with Gasteiger partial charge >= 0.3 is 0 Å². The van der Waals surface area contributed by atoms with E-state index in [0.717, 1.165) is 32.4 Å². The molecule has 0 spiro atoms. The molecule has 6 unspecified atom stereocenters. The van der Waals surface area contributed by atoms with Crippen LogP contribution in [0.2, 0.25) is 0 Å². The van der Waals surface area contributed by atoms with E-state index in [-0.39, 0.29) is 36.3 Å². The highest BCUT2D eigenvalue weighted by molar-refractivity contribution is 5.96. The quantitative estimate of drug-likeness (QED) is 0.401. The third kappa shape index (κ3) is 4.75. The van der Waals surface area contributed by atoms with E-state index in [2.05, 4.69) is 33.0 Å². The van der Waals surface area contributed by atoms with Crippen LogP contribution in [0.5, 0.6) is 0 Å². The van der Waals surface area contributed by atoms with Gasteiger partial charge in [-0.15, -0.1) is 0 Å². The molecule has 6 heterocycles. The van der Waals surface area contributed by atoms with Crippen molar-refractivity contribution in [2.24, 2.45) is 29.4 Å². The molecule has 6 rings (SSSR count). The fourth-order valence-corrected chi connectivity index (χ4v) is 7.05. The Kier molecular flexibility index (Phi) is 6.97. The maximum Gasteiger partial charge on any atom is 0.233 e. The van der Waals surface area contributed by atoms with Crippen molar-refractivity contribution in [3.8, 4) is 0 Å². The van der Waals surface area contributed by atoms with Crippen molar-refractivity contribution in [1.29, 1.82) is 0 Å². The predicted octanol–water partition coefficient (Wildman–Crippen LogP) is -0.616. The molecule has 5 aliphatic heterocycles. The van der Waals surface area contributed by atoms with E-state index in [1.54, 1.807) is 5.01 Å². The van der Waals surface area contributed by atoms with Gasteiger partial charge in [0.1, 0.15) is 11.9 Å². The van der Waals surface area contributed by atoms with Crippen molar-refractivity contribution >= 4 is 23.2 Å². The maximum absolute atomic E-state index is 15.1. The number of alkyl halides is 1. The van der Waals surface area contributed by atoms with Crippen molar-refractivity contribution < 1.29 is 18.4 Å². The molecule has 0 aliphatic carbocycles. The first kappa shape index (κ1) is 25.8. The molecule has 1 aromatic heterocycles. The summed E-state index contributed by atoms with van der Waals surface area (Å²) >= 11 is 0. The Bertz CT molecular complexity index is 1060. The number of carbonyl (C=O) groups is 2. The van der Waals surface area contributed by atoms with Gasteiger partial charge in [0.15, 0.2) is 5.82 Å². The van der Waals surface area contributed by atoms with E-state index in [9.17, 15) is 14.0 Å². The molecule has 0 saturated carbocycles. The minimum Gasteiger partial charge on any atom is -0.367 e. The van der Waals surface area contributed by atoms with Crippen LogP contribution in [0, 0.1) is 29.5 Å². The first-order valence-electron chi connectivity index (χ1n) is 13.6. The van der Waals surface area contributed by atoms with Crippen LogP contribution >= 0.6 is 0 Å². The van der Waals surface area contributed by atoms with Gasteiger partial charge in [-0.3, -0.25) is 19.9 Å². The Labute approximate surface area is 221 Å². The number of hydrazine groups is 1. The van der Waals surface area contributed by atoms with E-state index in [1.165, 1.54) is 6.20 Å². The normalized spacial score (nSPS) is 34.4. The zero-order valence-electron chi connectivity index (χ0n) is 21.7. The molecule has 0 bridgehead atoms. The minimum atomic E-state index is -1.06. The lowest BCUT2D eigenvalue weighted by Gasteiger charge is -2.36. The smallest absolute Gasteiger partial charge is 0.233 e. The molecule has 0 aromatic carbocycles. The first-order chi connectivity index (χ1) is 18.3. The van der Waals surface area contributed by atoms with E-state index in [1.807, 2.05) is 9.80 Å². The number of amides is 2. The van der Waals surface area contributed by atoms with Gasteiger partial charge in [-0.25, -0.2) is 19.2 Å². The SMILES string of the molecule is CN1CC2CN(C(=O)C3CCN(c4c(F)cncc4NC(=O)C4C(N)NN5CC(F)CNC45)CC3)CC2C1. The second kappa shape index (κ2) is 10.3. The fourth-order valence-electron chi connectivity index (χ4n) is 7.05. The molecule has 38 heavy (non-hydrogen) atoms. The van der Waals surface area contributed by atoms with Gasteiger partial charge in [-0.1, -0.05) is 0 Å². The molecule has 13 heteroatoms. The van der Waals surface area contributed by atoms with Gasteiger partial charge < -0.3 is 25.8 Å². The number of anilines is 2. The van der Waals surface area contributed by atoms with Crippen molar-refractivity contribution in [3.63, 3.8) is 0 Å². The lowest BCUT2D eigenvalue weighted by atomic mass is 9.94. The summed E-state index contributed by atoms with van der Waals surface area (Å²) in [5.41, 5.74) is 9.66. The van der Waals surface area contributed by atoms with Gasteiger partial charge in [-0.2, -0.15) is 0 Å². The third-order valence-electron chi connectivity index (χ3n) is 8.90. The van der Waals surface area contributed by atoms with E-state index in [0.29, 0.717) is 37.8 Å². The zero-order valence-corrected chi connectivity index (χ0v) is 21.7. The number of fused-ring (bicyclic) bond motifs is 2. The summed E-state index contributed by atoms with van der Waals surface area (Å²) in [6.45, 7) is 5.04. The van der Waals surface area contributed by atoms with E-state index >= 15 is 4.39 Å². The molecule has 5 aliphatic rings. The highest BCUT2D eigenvalue weighted by Gasteiger charge is 2.47. The molecule has 6 atom stereocenters. The Hall–Kier alpha value is -2.45. The number of rotatable bonds is 4. The van der Waals surface area contributed by atoms with Gasteiger partial charge in [0.2, 0.25) is 11.8 Å². The topological polar surface area (TPSA) is 122 Å². The fraction of sp³-hybridized carbons (Fsp3) is 0.720. The summed E-state index contributed by atoms with van der Waals surface area (Å²) in [6, 6.07) is 0. The first-order valence-corrected chi connectivity index (χ1v) is 13.6. The number of piperidine rings is 1. The molecule has 5 N–H and O–H groups in total. The Morgan fingerprint density at radius 1 is 1.11 bits per heavy atom. The van der Waals surface area contributed by atoms with Gasteiger partial charge in [0.05, 0.1) is 36.3 Å². The molecule has 1 aromatic rings. The molecule has 208 valence electrons. The number of pyridine rings is 1. The highest BCUT2D eigenvalue weighted by Crippen LogP contribution is 2.35. The number of hydrogen-bond acceptors (Lipinski definition) is 9. The maximum atomic E-state index is 15.1. The van der Waals surface area contributed by atoms with Crippen LogP contribution in [0.1, 0.15) is 12.8 Å². The molecule has 11 nitrogen and oxygen atoms in total. The highest BCUT2D eigenvalue weighted by atomic mass is 19.1. The summed E-state index contributed by atoms with van der Waals surface area (Å²) in [5, 5.41) is 7.47. The van der Waals surface area contributed by atoms with Crippen LogP contribution in [0.4, 0.5) is 20.2 Å². The largest absolute Gasteiger partial charge is 0.367 e. The van der Waals surface area contributed by atoms with Crippen LogP contribution in [0.25, 0.3) is 0 Å². The summed E-state index contributed by atoms with van der Waals surface area (Å²) in [7, 11) is 2.14. The lowest BCUT2D eigenvalue weighted by molar-refractivity contribution is -0.135. The number of carbonyl (C=O) groups excluding carboxylic acids is 2. The number of aromatic nitrogens is 1. The summed E-state index contributed by atoms with van der Waals surface area (Å²) in [6.07, 6.45) is 1.59. The second-order valence-electron chi connectivity index (χ2n) is 11.5. The monoisotopic (exact) mass is 533 g/mol. The number of hydrogen-bond donors (Lipinski definition) is 4. The van der Waals surface area contributed by atoms with Crippen LogP contribution < -0.4 is 26.7 Å². The molecular formula is C25H37F2N9O2. The summed E-state index contributed by atoms with van der Waals surface area (Å²) in [5.74, 6) is -0.357. The number of halogens is 2. The minimum absolute atomic E-state index is 0.0732. The second-order valence-corrected chi connectivity index (χ2v) is 11.5. The number of nitrogens with zero attached hydrogens (tertiary/aromatic N) is 5. The average Bonchev–Trinajstić information content (AvgIpc) is 3.53. The number of nitrogens with one attached hydrogen (secondary N) is 3. The predicted molar refractivity (Wildman–Crippen MR) is 137 cm³/mol. The Balaban J connectivity index is 1.10. The van der Waals surface area contributed by atoms with Crippen molar-refractivity contribution in [2.45, 2.75) is 31.3 Å². The zero-order chi connectivity index (χ0) is 26.6. The van der Waals surface area contributed by atoms with Crippen molar-refractivity contribution in [2.75, 3.05) is 69.6 Å². The number of likely N-dealkylation sites (tertiary alicyclic amines) is 2. The standard InChI is InChI=1S/C25H37F2N9O2/c1-33-9-15-11-35(12-16(15)10-33)25(38)14-2-4-34(5-3-14)21-18(27)7-29-8-19(21)31-24(37)20-22(28)32-36-13-17(26)6-30-23(20)36/h7-8,14-17,20,22-23,30,32H,2-6,9-13,28H2,1H3,(H,31,37). The van der Waals surface area contributed by atoms with Gasteiger partial charge in [-0.05, 0) is 31.7 Å². The van der Waals surface area contributed by atoms with Gasteiger partial charge in [0, 0.05) is 58.3 Å². The summed E-state index contributed by atoms with van der Waals surface area (Å²) in [4.78, 5) is 36.8. The summed E-state index contributed by atoms with van der Waals surface area (Å²) < 4.78 is 28.9. The van der Waals surface area contributed by atoms with Crippen LogP contribution in [-0.4, -0.2) is 110 Å². The van der Waals surface area contributed by atoms with Crippen LogP contribution in [-0.2, 0) is 9.59 Å². The molecular weight excluding hydrogens is 496 g/mol. The molecule has 5 fully saturated rings.